The molecular formula is C17H16N2. The van der Waals surface area contributed by atoms with Crippen LogP contribution in [0.2, 0.25) is 0 Å². The van der Waals surface area contributed by atoms with Gasteiger partial charge in [-0.05, 0) is 35.2 Å². The van der Waals surface area contributed by atoms with Gasteiger partial charge in [0.1, 0.15) is 0 Å². The number of nitrogens with one attached hydrogen (secondary N) is 1. The molecule has 1 aliphatic carbocycles. The van der Waals surface area contributed by atoms with Gasteiger partial charge in [0, 0.05) is 18.2 Å². The molecule has 0 fully saturated rings. The first kappa shape index (κ1) is 11.8. The van der Waals surface area contributed by atoms with Crippen molar-refractivity contribution < 1.29 is 0 Å². The lowest BCUT2D eigenvalue weighted by atomic mass is 9.77. The SMILES string of the molecule is N#CCc1ccc(NCC2Cc3ccccc32)cc1. The van der Waals surface area contributed by atoms with E-state index in [0.717, 1.165) is 17.8 Å². The van der Waals surface area contributed by atoms with Crippen LogP contribution in [-0.2, 0) is 12.8 Å². The van der Waals surface area contributed by atoms with Gasteiger partial charge in [0.2, 0.25) is 0 Å². The van der Waals surface area contributed by atoms with Crippen LogP contribution in [0.4, 0.5) is 5.69 Å². The maximum absolute atomic E-state index is 8.63. The number of hydrogen-bond donors (Lipinski definition) is 1. The fourth-order valence-electron chi connectivity index (χ4n) is 2.62. The van der Waals surface area contributed by atoms with Crippen LogP contribution in [0.15, 0.2) is 48.5 Å². The van der Waals surface area contributed by atoms with Crippen molar-refractivity contribution in [3.63, 3.8) is 0 Å². The molecule has 2 aromatic rings. The fraction of sp³-hybridized carbons (Fsp3) is 0.235. The lowest BCUT2D eigenvalue weighted by Gasteiger charge is -2.30. The number of anilines is 1. The minimum absolute atomic E-state index is 0.482. The second-order valence-corrected chi connectivity index (χ2v) is 5.01. The number of fused-ring (bicyclic) bond motifs is 1. The Bertz CT molecular complexity index is 608. The molecule has 1 unspecified atom stereocenters. The molecule has 3 rings (SSSR count). The molecule has 0 aliphatic heterocycles. The smallest absolute Gasteiger partial charge is 0.0669 e. The van der Waals surface area contributed by atoms with E-state index < -0.39 is 0 Å². The molecular weight excluding hydrogens is 232 g/mol. The first-order chi connectivity index (χ1) is 9.36. The molecule has 2 heteroatoms. The van der Waals surface area contributed by atoms with Crippen molar-refractivity contribution in [3.8, 4) is 6.07 Å². The van der Waals surface area contributed by atoms with E-state index in [1.165, 1.54) is 17.5 Å². The summed E-state index contributed by atoms with van der Waals surface area (Å²) < 4.78 is 0. The number of nitriles is 1. The summed E-state index contributed by atoms with van der Waals surface area (Å²) in [5, 5.41) is 12.1. The zero-order chi connectivity index (χ0) is 13.1. The molecule has 0 aromatic heterocycles. The Kier molecular flexibility index (Phi) is 3.20. The van der Waals surface area contributed by atoms with E-state index in [1.54, 1.807) is 0 Å². The summed E-state index contributed by atoms with van der Waals surface area (Å²) in [7, 11) is 0. The molecule has 0 heterocycles. The van der Waals surface area contributed by atoms with Crippen molar-refractivity contribution in [2.75, 3.05) is 11.9 Å². The van der Waals surface area contributed by atoms with Crippen LogP contribution >= 0.6 is 0 Å². The normalized spacial score (nSPS) is 16.1. The molecule has 1 aliphatic rings. The third kappa shape index (κ3) is 2.46. The van der Waals surface area contributed by atoms with Gasteiger partial charge in [-0.15, -0.1) is 0 Å². The average molecular weight is 248 g/mol. The second kappa shape index (κ2) is 5.16. The maximum Gasteiger partial charge on any atom is 0.0669 e. The van der Waals surface area contributed by atoms with Crippen LogP contribution < -0.4 is 5.32 Å². The highest BCUT2D eigenvalue weighted by molar-refractivity contribution is 5.47. The Balaban J connectivity index is 1.58. The third-order valence-electron chi connectivity index (χ3n) is 3.75. The Morgan fingerprint density at radius 2 is 1.89 bits per heavy atom. The van der Waals surface area contributed by atoms with E-state index >= 15 is 0 Å². The summed E-state index contributed by atoms with van der Waals surface area (Å²) in [6.07, 6.45) is 1.66. The Morgan fingerprint density at radius 3 is 2.63 bits per heavy atom. The standard InChI is InChI=1S/C17H16N2/c18-10-9-13-5-7-16(8-6-13)19-12-15-11-14-3-1-2-4-17(14)15/h1-8,15,19H,9,11-12H2. The Hall–Kier alpha value is -2.27. The molecule has 0 saturated carbocycles. The Morgan fingerprint density at radius 1 is 1.11 bits per heavy atom. The van der Waals surface area contributed by atoms with E-state index in [2.05, 4.69) is 47.8 Å². The zero-order valence-electron chi connectivity index (χ0n) is 10.8. The number of nitrogens with zero attached hydrogens (tertiary/aromatic N) is 1. The average Bonchev–Trinajstić information content (AvgIpc) is 2.42. The van der Waals surface area contributed by atoms with Crippen LogP contribution in [0.25, 0.3) is 0 Å². The van der Waals surface area contributed by atoms with Gasteiger partial charge in [-0.3, -0.25) is 0 Å². The minimum atomic E-state index is 0.482. The number of benzene rings is 2. The van der Waals surface area contributed by atoms with Crippen LogP contribution in [0.3, 0.4) is 0 Å². The summed E-state index contributed by atoms with van der Waals surface area (Å²) in [5.41, 5.74) is 5.17. The van der Waals surface area contributed by atoms with Gasteiger partial charge in [-0.1, -0.05) is 36.4 Å². The number of hydrogen-bond acceptors (Lipinski definition) is 2. The maximum atomic E-state index is 8.63. The van der Waals surface area contributed by atoms with Gasteiger partial charge in [0.05, 0.1) is 12.5 Å². The molecule has 94 valence electrons. The minimum Gasteiger partial charge on any atom is -0.384 e. The van der Waals surface area contributed by atoms with E-state index in [9.17, 15) is 0 Å². The quantitative estimate of drug-likeness (QED) is 0.898. The molecule has 1 atom stereocenters. The number of rotatable bonds is 4. The summed E-state index contributed by atoms with van der Waals surface area (Å²) in [6.45, 7) is 0.981. The first-order valence-corrected chi connectivity index (χ1v) is 6.64. The zero-order valence-corrected chi connectivity index (χ0v) is 10.8. The van der Waals surface area contributed by atoms with Crippen molar-refractivity contribution in [1.29, 1.82) is 5.26 Å². The summed E-state index contributed by atoms with van der Waals surface area (Å²) in [5.74, 6) is 0.634. The Labute approximate surface area is 113 Å². The molecule has 0 amide bonds. The van der Waals surface area contributed by atoms with Gasteiger partial charge < -0.3 is 5.32 Å². The molecule has 1 N–H and O–H groups in total. The van der Waals surface area contributed by atoms with E-state index in [-0.39, 0.29) is 0 Å². The van der Waals surface area contributed by atoms with Gasteiger partial charge >= 0.3 is 0 Å². The third-order valence-corrected chi connectivity index (χ3v) is 3.75. The van der Waals surface area contributed by atoms with Crippen molar-refractivity contribution in [1.82, 2.24) is 0 Å². The second-order valence-electron chi connectivity index (χ2n) is 5.01. The largest absolute Gasteiger partial charge is 0.384 e. The highest BCUT2D eigenvalue weighted by Gasteiger charge is 2.24. The van der Waals surface area contributed by atoms with Crippen LogP contribution in [0.1, 0.15) is 22.6 Å². The van der Waals surface area contributed by atoms with Gasteiger partial charge in [-0.2, -0.15) is 5.26 Å². The molecule has 2 aromatic carbocycles. The summed E-state index contributed by atoms with van der Waals surface area (Å²) >= 11 is 0. The predicted molar refractivity (Wildman–Crippen MR) is 77.1 cm³/mol. The first-order valence-electron chi connectivity index (χ1n) is 6.64. The molecule has 19 heavy (non-hydrogen) atoms. The van der Waals surface area contributed by atoms with Crippen LogP contribution in [0, 0.1) is 11.3 Å². The van der Waals surface area contributed by atoms with Crippen LogP contribution in [-0.4, -0.2) is 6.54 Å². The molecule has 0 spiro atoms. The predicted octanol–water partition coefficient (Wildman–Crippen LogP) is 3.50. The highest BCUT2D eigenvalue weighted by Crippen LogP contribution is 2.34. The van der Waals surface area contributed by atoms with Crippen molar-refractivity contribution in [2.24, 2.45) is 0 Å². The monoisotopic (exact) mass is 248 g/mol. The van der Waals surface area contributed by atoms with Gasteiger partial charge in [0.25, 0.3) is 0 Å². The van der Waals surface area contributed by atoms with Crippen molar-refractivity contribution in [2.45, 2.75) is 18.8 Å². The van der Waals surface area contributed by atoms with E-state index in [1.807, 2.05) is 12.1 Å². The van der Waals surface area contributed by atoms with Gasteiger partial charge in [0.15, 0.2) is 0 Å². The summed E-state index contributed by atoms with van der Waals surface area (Å²) in [4.78, 5) is 0. The summed E-state index contributed by atoms with van der Waals surface area (Å²) in [6, 6.07) is 19.0. The molecule has 2 nitrogen and oxygen atoms in total. The lowest BCUT2D eigenvalue weighted by Crippen LogP contribution is -2.24. The van der Waals surface area contributed by atoms with Crippen molar-refractivity contribution >= 4 is 5.69 Å². The molecule has 0 radical (unpaired) electrons. The topological polar surface area (TPSA) is 35.8 Å². The van der Waals surface area contributed by atoms with E-state index in [0.29, 0.717) is 12.3 Å². The lowest BCUT2D eigenvalue weighted by molar-refractivity contribution is 0.636. The van der Waals surface area contributed by atoms with Crippen molar-refractivity contribution in [3.05, 3.63) is 65.2 Å². The molecule has 0 bridgehead atoms. The van der Waals surface area contributed by atoms with Gasteiger partial charge in [-0.25, -0.2) is 0 Å². The molecule has 0 saturated heterocycles. The van der Waals surface area contributed by atoms with Crippen LogP contribution in [0.5, 0.6) is 0 Å². The fourth-order valence-corrected chi connectivity index (χ4v) is 2.62. The van der Waals surface area contributed by atoms with E-state index in [4.69, 9.17) is 5.26 Å². The highest BCUT2D eigenvalue weighted by atomic mass is 14.9.